The lowest BCUT2D eigenvalue weighted by Gasteiger charge is -2.27. The molecule has 2 atom stereocenters. The van der Waals surface area contributed by atoms with Crippen LogP contribution in [0.15, 0.2) is 23.2 Å². The lowest BCUT2D eigenvalue weighted by molar-refractivity contribution is -0.148. The first-order chi connectivity index (χ1) is 9.96. The van der Waals surface area contributed by atoms with Crippen LogP contribution in [-0.2, 0) is 19.7 Å². The van der Waals surface area contributed by atoms with Gasteiger partial charge < -0.3 is 4.74 Å². The van der Waals surface area contributed by atoms with Crippen LogP contribution in [0.2, 0.25) is 0 Å². The molecule has 1 aromatic carbocycles. The van der Waals surface area contributed by atoms with Gasteiger partial charge in [-0.15, -0.1) is 0 Å². The number of methoxy groups -OCH3 is 1. The summed E-state index contributed by atoms with van der Waals surface area (Å²) in [7, 11) is 1.25. The number of hydrogen-bond acceptors (Lipinski definition) is 5. The number of hydrogen-bond donors (Lipinski definition) is 0. The van der Waals surface area contributed by atoms with E-state index < -0.39 is 23.2 Å². The minimum Gasteiger partial charge on any atom is -0.468 e. The van der Waals surface area contributed by atoms with Gasteiger partial charge in [0.25, 0.3) is 0 Å². The van der Waals surface area contributed by atoms with Crippen molar-refractivity contribution in [3.8, 4) is 0 Å². The Kier molecular flexibility index (Phi) is 4.30. The molecule has 0 bridgehead atoms. The van der Waals surface area contributed by atoms with E-state index in [0.29, 0.717) is 11.1 Å². The molecule has 1 aliphatic carbocycles. The van der Waals surface area contributed by atoms with Crippen molar-refractivity contribution in [1.82, 2.24) is 0 Å². The van der Waals surface area contributed by atoms with E-state index in [4.69, 9.17) is 4.74 Å². The Morgan fingerprint density at radius 1 is 1.57 bits per heavy atom. The predicted molar refractivity (Wildman–Crippen MR) is 77.9 cm³/mol. The van der Waals surface area contributed by atoms with Crippen molar-refractivity contribution >= 4 is 29.1 Å². The number of ketones is 1. The summed E-state index contributed by atoms with van der Waals surface area (Å²) in [6.07, 6.45) is 0.0432. The summed E-state index contributed by atoms with van der Waals surface area (Å²) in [5.41, 5.74) is -0.411. The molecule has 1 aliphatic rings. The standard InChI is InChI=1S/C15H14FNO3S/c1-9-10(4-3-5-11(9)16)15(14(19)20-2)6-12(17-8-21)13(18)7-15/h3-5,12H,6-7H2,1-2H3/t12?,15-/m1/s1. The second kappa shape index (κ2) is 5.84. The van der Waals surface area contributed by atoms with Crippen molar-refractivity contribution in [1.29, 1.82) is 0 Å². The Balaban J connectivity index is 2.60. The number of isothiocyanates is 1. The van der Waals surface area contributed by atoms with E-state index in [1.165, 1.54) is 19.2 Å². The molecule has 110 valence electrons. The Labute approximate surface area is 127 Å². The third-order valence-electron chi connectivity index (χ3n) is 3.96. The average molecular weight is 307 g/mol. The minimum absolute atomic E-state index is 0.0743. The zero-order valence-corrected chi connectivity index (χ0v) is 12.5. The highest BCUT2D eigenvalue weighted by Crippen LogP contribution is 2.43. The molecule has 1 fully saturated rings. The van der Waals surface area contributed by atoms with Gasteiger partial charge >= 0.3 is 5.97 Å². The molecule has 1 saturated carbocycles. The largest absolute Gasteiger partial charge is 0.468 e. The van der Waals surface area contributed by atoms with Crippen molar-refractivity contribution in [3.63, 3.8) is 0 Å². The van der Waals surface area contributed by atoms with Gasteiger partial charge in [0.05, 0.1) is 12.3 Å². The number of carbonyl (C=O) groups excluding carboxylic acids is 2. The summed E-state index contributed by atoms with van der Waals surface area (Å²) in [6.45, 7) is 1.58. The molecule has 0 aromatic heterocycles. The highest BCUT2D eigenvalue weighted by Gasteiger charge is 2.53. The van der Waals surface area contributed by atoms with E-state index in [1.807, 2.05) is 0 Å². The van der Waals surface area contributed by atoms with Crippen molar-refractivity contribution in [2.75, 3.05) is 7.11 Å². The fourth-order valence-electron chi connectivity index (χ4n) is 2.90. The highest BCUT2D eigenvalue weighted by atomic mass is 32.1. The third-order valence-corrected chi connectivity index (χ3v) is 4.06. The number of rotatable bonds is 3. The topological polar surface area (TPSA) is 55.7 Å². The molecule has 0 aliphatic heterocycles. The number of aliphatic imine (C=N–C) groups is 1. The summed E-state index contributed by atoms with van der Waals surface area (Å²) >= 11 is 4.53. The number of Topliss-reactive ketones (excluding diaryl/α,β-unsaturated/α-hetero) is 1. The first kappa shape index (κ1) is 15.5. The zero-order chi connectivity index (χ0) is 15.6. The van der Waals surface area contributed by atoms with Crippen molar-refractivity contribution < 1.29 is 18.7 Å². The molecular formula is C15H14FNO3S. The molecular weight excluding hydrogens is 293 g/mol. The van der Waals surface area contributed by atoms with E-state index in [1.54, 1.807) is 13.0 Å². The molecule has 0 N–H and O–H groups in total. The molecule has 0 heterocycles. The molecule has 6 heteroatoms. The van der Waals surface area contributed by atoms with Crippen LogP contribution in [0, 0.1) is 12.7 Å². The number of thiocarbonyl (C=S) groups is 1. The average Bonchev–Trinajstić information content (AvgIpc) is 2.79. The number of esters is 1. The number of halogens is 1. The van der Waals surface area contributed by atoms with Crippen LogP contribution in [0.3, 0.4) is 0 Å². The summed E-state index contributed by atoms with van der Waals surface area (Å²) in [4.78, 5) is 28.2. The van der Waals surface area contributed by atoms with Crippen LogP contribution in [0.1, 0.15) is 24.0 Å². The van der Waals surface area contributed by atoms with Gasteiger partial charge in [-0.25, -0.2) is 9.38 Å². The predicted octanol–water partition coefficient (Wildman–Crippen LogP) is 2.38. The number of carbonyl (C=O) groups is 2. The van der Waals surface area contributed by atoms with E-state index in [2.05, 4.69) is 22.4 Å². The van der Waals surface area contributed by atoms with E-state index in [0.717, 1.165) is 0 Å². The van der Waals surface area contributed by atoms with Crippen LogP contribution in [0.4, 0.5) is 4.39 Å². The van der Waals surface area contributed by atoms with Gasteiger partial charge in [0.2, 0.25) is 0 Å². The van der Waals surface area contributed by atoms with E-state index in [-0.39, 0.29) is 18.6 Å². The maximum Gasteiger partial charge on any atom is 0.316 e. The molecule has 0 radical (unpaired) electrons. The normalized spacial score (nSPS) is 24.5. The summed E-state index contributed by atoms with van der Waals surface area (Å²) in [6, 6.07) is 3.74. The smallest absolute Gasteiger partial charge is 0.316 e. The summed E-state index contributed by atoms with van der Waals surface area (Å²) in [5.74, 6) is -1.21. The Morgan fingerprint density at radius 3 is 2.90 bits per heavy atom. The molecule has 1 aromatic rings. The van der Waals surface area contributed by atoms with Crippen LogP contribution < -0.4 is 0 Å². The molecule has 0 saturated heterocycles. The monoisotopic (exact) mass is 307 g/mol. The summed E-state index contributed by atoms with van der Waals surface area (Å²) in [5, 5.41) is 2.17. The minimum atomic E-state index is -1.21. The van der Waals surface area contributed by atoms with Gasteiger partial charge in [0.1, 0.15) is 17.3 Å². The summed E-state index contributed by atoms with van der Waals surface area (Å²) < 4.78 is 18.7. The Morgan fingerprint density at radius 2 is 2.29 bits per heavy atom. The second-order valence-electron chi connectivity index (χ2n) is 5.07. The number of ether oxygens (including phenoxy) is 1. The van der Waals surface area contributed by atoms with Crippen molar-refractivity contribution in [3.05, 3.63) is 35.1 Å². The molecule has 0 spiro atoms. The first-order valence-corrected chi connectivity index (χ1v) is 6.81. The van der Waals surface area contributed by atoms with Crippen LogP contribution >= 0.6 is 12.2 Å². The fraction of sp³-hybridized carbons (Fsp3) is 0.400. The lowest BCUT2D eigenvalue weighted by Crippen LogP contribution is -2.36. The van der Waals surface area contributed by atoms with Gasteiger partial charge in [-0.3, -0.25) is 9.59 Å². The van der Waals surface area contributed by atoms with Gasteiger partial charge in [-0.1, -0.05) is 12.1 Å². The van der Waals surface area contributed by atoms with Crippen LogP contribution in [-0.4, -0.2) is 30.1 Å². The fourth-order valence-corrected chi connectivity index (χ4v) is 3.03. The molecule has 4 nitrogen and oxygen atoms in total. The first-order valence-electron chi connectivity index (χ1n) is 6.40. The third kappa shape index (κ3) is 2.52. The van der Waals surface area contributed by atoms with Gasteiger partial charge in [0, 0.05) is 6.42 Å². The Bertz CT molecular complexity index is 654. The number of nitrogens with zero attached hydrogens (tertiary/aromatic N) is 1. The second-order valence-corrected chi connectivity index (χ2v) is 5.25. The van der Waals surface area contributed by atoms with Crippen LogP contribution in [0.5, 0.6) is 0 Å². The number of benzene rings is 1. The maximum atomic E-state index is 13.8. The van der Waals surface area contributed by atoms with Gasteiger partial charge in [-0.2, -0.15) is 0 Å². The van der Waals surface area contributed by atoms with Gasteiger partial charge in [-0.05, 0) is 42.8 Å². The molecule has 0 amide bonds. The molecule has 21 heavy (non-hydrogen) atoms. The van der Waals surface area contributed by atoms with Crippen LogP contribution in [0.25, 0.3) is 0 Å². The molecule has 2 rings (SSSR count). The quantitative estimate of drug-likeness (QED) is 0.489. The van der Waals surface area contributed by atoms with Crippen molar-refractivity contribution in [2.45, 2.75) is 31.2 Å². The van der Waals surface area contributed by atoms with Crippen molar-refractivity contribution in [2.24, 2.45) is 4.99 Å². The lowest BCUT2D eigenvalue weighted by atomic mass is 9.76. The zero-order valence-electron chi connectivity index (χ0n) is 11.7. The Hall–Kier alpha value is -1.91. The van der Waals surface area contributed by atoms with E-state index in [9.17, 15) is 14.0 Å². The van der Waals surface area contributed by atoms with Gasteiger partial charge in [0.15, 0.2) is 5.78 Å². The highest BCUT2D eigenvalue weighted by molar-refractivity contribution is 7.78. The van der Waals surface area contributed by atoms with E-state index >= 15 is 0 Å². The maximum absolute atomic E-state index is 13.8. The SMILES string of the molecule is COC(=O)[C@@]1(c2cccc(F)c2C)CC(=O)C(N=C=S)C1. The molecule has 1 unspecified atom stereocenters.